The number of hydrogen-bond donors (Lipinski definition) is 0. The molecule has 1 rings (SSSR count). The molecule has 0 bridgehead atoms. The summed E-state index contributed by atoms with van der Waals surface area (Å²) < 4.78 is 14.8. The number of nitrogens with zero attached hydrogens (tertiary/aromatic N) is 2. The number of anilines is 1. The third-order valence-electron chi connectivity index (χ3n) is 3.48. The SMILES string of the molecule is COC(=O)C[C@H](C(=O)OC)N(C)c1ncc(C)c(OC)c1C. The van der Waals surface area contributed by atoms with Crippen LogP contribution >= 0.6 is 0 Å². The van der Waals surface area contributed by atoms with Crippen molar-refractivity contribution < 1.29 is 23.8 Å². The lowest BCUT2D eigenvalue weighted by Crippen LogP contribution is -2.42. The number of esters is 2. The summed E-state index contributed by atoms with van der Waals surface area (Å²) >= 11 is 0. The van der Waals surface area contributed by atoms with E-state index in [4.69, 9.17) is 9.47 Å². The second-order valence-electron chi connectivity index (χ2n) is 4.85. The Kier molecular flexibility index (Phi) is 6.15. The molecule has 0 N–H and O–H groups in total. The number of carbonyl (C=O) groups excluding carboxylic acids is 2. The van der Waals surface area contributed by atoms with Gasteiger partial charge in [0.05, 0.1) is 27.8 Å². The maximum absolute atomic E-state index is 12.0. The van der Waals surface area contributed by atoms with Crippen molar-refractivity contribution in [3.63, 3.8) is 0 Å². The Hall–Kier alpha value is -2.31. The lowest BCUT2D eigenvalue weighted by atomic mass is 10.1. The van der Waals surface area contributed by atoms with Crippen LogP contribution in [0.15, 0.2) is 6.20 Å². The zero-order valence-electron chi connectivity index (χ0n) is 13.8. The van der Waals surface area contributed by atoms with E-state index < -0.39 is 18.0 Å². The first-order valence-electron chi connectivity index (χ1n) is 6.75. The largest absolute Gasteiger partial charge is 0.496 e. The fraction of sp³-hybridized carbons (Fsp3) is 0.533. The van der Waals surface area contributed by atoms with Gasteiger partial charge >= 0.3 is 11.9 Å². The molecule has 1 atom stereocenters. The van der Waals surface area contributed by atoms with Gasteiger partial charge in [-0.05, 0) is 13.8 Å². The van der Waals surface area contributed by atoms with Crippen molar-refractivity contribution in [3.05, 3.63) is 17.3 Å². The Morgan fingerprint density at radius 2 is 1.86 bits per heavy atom. The fourth-order valence-corrected chi connectivity index (χ4v) is 2.28. The number of rotatable bonds is 6. The molecule has 22 heavy (non-hydrogen) atoms. The molecule has 122 valence electrons. The minimum atomic E-state index is -0.823. The van der Waals surface area contributed by atoms with E-state index in [9.17, 15) is 9.59 Å². The third kappa shape index (κ3) is 3.66. The van der Waals surface area contributed by atoms with Crippen molar-refractivity contribution in [2.24, 2.45) is 0 Å². The van der Waals surface area contributed by atoms with Crippen LogP contribution in [-0.2, 0) is 19.1 Å². The van der Waals surface area contributed by atoms with Crippen molar-refractivity contribution in [2.45, 2.75) is 26.3 Å². The van der Waals surface area contributed by atoms with Crippen LogP contribution < -0.4 is 9.64 Å². The van der Waals surface area contributed by atoms with Crippen LogP contribution in [0.25, 0.3) is 0 Å². The lowest BCUT2D eigenvalue weighted by molar-refractivity contribution is -0.148. The molecular formula is C15H22N2O5. The number of aryl methyl sites for hydroxylation is 1. The molecule has 0 fully saturated rings. The summed E-state index contributed by atoms with van der Waals surface area (Å²) in [5, 5.41) is 0. The molecule has 0 aliphatic heterocycles. The topological polar surface area (TPSA) is 78.0 Å². The maximum atomic E-state index is 12.0. The summed E-state index contributed by atoms with van der Waals surface area (Å²) in [6.07, 6.45) is 1.53. The van der Waals surface area contributed by atoms with Crippen LogP contribution in [0, 0.1) is 13.8 Å². The average molecular weight is 310 g/mol. The molecule has 0 aromatic carbocycles. The Bertz CT molecular complexity index is 559. The zero-order valence-corrected chi connectivity index (χ0v) is 13.8. The van der Waals surface area contributed by atoms with E-state index in [-0.39, 0.29) is 6.42 Å². The van der Waals surface area contributed by atoms with Gasteiger partial charge in [0.15, 0.2) is 0 Å². The van der Waals surface area contributed by atoms with Crippen molar-refractivity contribution in [1.29, 1.82) is 0 Å². The molecule has 0 amide bonds. The monoisotopic (exact) mass is 310 g/mol. The van der Waals surface area contributed by atoms with Gasteiger partial charge in [-0.15, -0.1) is 0 Å². The fourth-order valence-electron chi connectivity index (χ4n) is 2.28. The quantitative estimate of drug-likeness (QED) is 0.732. The zero-order chi connectivity index (χ0) is 16.9. The Balaban J connectivity index is 3.21. The van der Waals surface area contributed by atoms with E-state index in [1.165, 1.54) is 14.2 Å². The van der Waals surface area contributed by atoms with E-state index in [1.54, 1.807) is 25.3 Å². The predicted octanol–water partition coefficient (Wildman–Crippen LogP) is 1.25. The Morgan fingerprint density at radius 3 is 2.36 bits per heavy atom. The van der Waals surface area contributed by atoms with E-state index >= 15 is 0 Å². The molecule has 0 aliphatic rings. The molecule has 0 aliphatic carbocycles. The first kappa shape index (κ1) is 17.7. The first-order chi connectivity index (χ1) is 10.4. The van der Waals surface area contributed by atoms with Crippen molar-refractivity contribution in [1.82, 2.24) is 4.98 Å². The highest BCUT2D eigenvalue weighted by atomic mass is 16.5. The number of aromatic nitrogens is 1. The van der Waals surface area contributed by atoms with E-state index in [2.05, 4.69) is 9.72 Å². The molecule has 0 unspecified atom stereocenters. The number of likely N-dealkylation sites (N-methyl/N-ethyl adjacent to an activating group) is 1. The second kappa shape index (κ2) is 7.63. The highest BCUT2D eigenvalue weighted by Crippen LogP contribution is 2.30. The van der Waals surface area contributed by atoms with Gasteiger partial charge in [0.2, 0.25) is 0 Å². The van der Waals surface area contributed by atoms with Crippen molar-refractivity contribution in [2.75, 3.05) is 33.3 Å². The number of methoxy groups -OCH3 is 3. The van der Waals surface area contributed by atoms with Gasteiger partial charge in [-0.1, -0.05) is 0 Å². The molecule has 0 spiro atoms. The average Bonchev–Trinajstić information content (AvgIpc) is 2.51. The number of pyridine rings is 1. The molecule has 0 saturated carbocycles. The Morgan fingerprint density at radius 1 is 1.23 bits per heavy atom. The predicted molar refractivity (Wildman–Crippen MR) is 81.1 cm³/mol. The summed E-state index contributed by atoms with van der Waals surface area (Å²) in [6.45, 7) is 3.73. The van der Waals surface area contributed by atoms with E-state index in [1.807, 2.05) is 13.8 Å². The maximum Gasteiger partial charge on any atom is 0.329 e. The van der Waals surface area contributed by atoms with Crippen LogP contribution in [0.1, 0.15) is 17.5 Å². The third-order valence-corrected chi connectivity index (χ3v) is 3.48. The van der Waals surface area contributed by atoms with Gasteiger partial charge in [0.25, 0.3) is 0 Å². The number of hydrogen-bond acceptors (Lipinski definition) is 7. The van der Waals surface area contributed by atoms with Gasteiger partial charge in [-0.3, -0.25) is 4.79 Å². The molecule has 1 heterocycles. The highest BCUT2D eigenvalue weighted by Gasteiger charge is 2.30. The van der Waals surface area contributed by atoms with E-state index in [0.29, 0.717) is 11.6 Å². The summed E-state index contributed by atoms with van der Waals surface area (Å²) in [7, 11) is 5.80. The minimum absolute atomic E-state index is 0.128. The minimum Gasteiger partial charge on any atom is -0.496 e. The van der Waals surface area contributed by atoms with Crippen molar-refractivity contribution in [3.8, 4) is 5.75 Å². The normalized spacial score (nSPS) is 11.5. The summed E-state index contributed by atoms with van der Waals surface area (Å²) in [6, 6.07) is -0.823. The molecular weight excluding hydrogens is 288 g/mol. The summed E-state index contributed by atoms with van der Waals surface area (Å²) in [5.41, 5.74) is 1.67. The second-order valence-corrected chi connectivity index (χ2v) is 4.85. The summed E-state index contributed by atoms with van der Waals surface area (Å²) in [4.78, 5) is 29.5. The molecule has 7 heteroatoms. The smallest absolute Gasteiger partial charge is 0.329 e. The molecule has 0 radical (unpaired) electrons. The highest BCUT2D eigenvalue weighted by molar-refractivity contribution is 5.85. The molecule has 0 saturated heterocycles. The number of carbonyl (C=O) groups is 2. The van der Waals surface area contributed by atoms with Gasteiger partial charge in [0, 0.05) is 24.4 Å². The van der Waals surface area contributed by atoms with Crippen LogP contribution in [0.5, 0.6) is 5.75 Å². The Labute approximate surface area is 130 Å². The van der Waals surface area contributed by atoms with Gasteiger partial charge in [-0.2, -0.15) is 0 Å². The van der Waals surface area contributed by atoms with Crippen LogP contribution in [0.2, 0.25) is 0 Å². The first-order valence-corrected chi connectivity index (χ1v) is 6.75. The number of ether oxygens (including phenoxy) is 3. The molecule has 7 nitrogen and oxygen atoms in total. The van der Waals surface area contributed by atoms with Crippen LogP contribution in [0.3, 0.4) is 0 Å². The van der Waals surface area contributed by atoms with Gasteiger partial charge in [-0.25, -0.2) is 9.78 Å². The molecule has 1 aromatic heterocycles. The van der Waals surface area contributed by atoms with E-state index in [0.717, 1.165) is 11.1 Å². The van der Waals surface area contributed by atoms with Crippen LogP contribution in [0.4, 0.5) is 5.82 Å². The van der Waals surface area contributed by atoms with Gasteiger partial charge < -0.3 is 19.1 Å². The lowest BCUT2D eigenvalue weighted by Gasteiger charge is -2.28. The van der Waals surface area contributed by atoms with Gasteiger partial charge in [0.1, 0.15) is 17.6 Å². The van der Waals surface area contributed by atoms with Crippen LogP contribution in [-0.4, -0.2) is 51.3 Å². The standard InChI is InChI=1S/C15H22N2O5/c1-9-8-16-14(10(2)13(9)21-5)17(3)11(15(19)22-6)7-12(18)20-4/h8,11H,7H2,1-6H3/t11-/m1/s1. The van der Waals surface area contributed by atoms with Crippen molar-refractivity contribution >= 4 is 17.8 Å². The molecule has 1 aromatic rings. The summed E-state index contributed by atoms with van der Waals surface area (Å²) in [5.74, 6) is 0.202.